The molecule has 0 atom stereocenters. The van der Waals surface area contributed by atoms with Crippen molar-refractivity contribution in [3.8, 4) is 0 Å². The van der Waals surface area contributed by atoms with Crippen molar-refractivity contribution >= 4 is 46.0 Å². The predicted molar refractivity (Wildman–Crippen MR) is 112 cm³/mol. The number of thioether (sulfide) groups is 1. The average Bonchev–Trinajstić information content (AvgIpc) is 3.16. The van der Waals surface area contributed by atoms with Gasteiger partial charge in [-0.05, 0) is 23.8 Å². The number of nitrogens with zero attached hydrogens (tertiary/aromatic N) is 4. The Morgan fingerprint density at radius 1 is 1.14 bits per heavy atom. The second kappa shape index (κ2) is 8.16. The Morgan fingerprint density at radius 2 is 1.93 bits per heavy atom. The van der Waals surface area contributed by atoms with Crippen LogP contribution in [0.1, 0.15) is 18.3 Å². The monoisotopic (exact) mass is 411 g/mol. The highest BCUT2D eigenvalue weighted by Crippen LogP contribution is 2.25. The summed E-state index contributed by atoms with van der Waals surface area (Å²) in [7, 11) is 0. The molecule has 28 heavy (non-hydrogen) atoms. The lowest BCUT2D eigenvalue weighted by atomic mass is 10.2. The molecule has 1 amide bonds. The molecule has 0 unspecified atom stereocenters. The number of hydrogen-bond acceptors (Lipinski definition) is 5. The topological polar surface area (TPSA) is 72.2 Å². The van der Waals surface area contributed by atoms with Crippen LogP contribution in [0.3, 0.4) is 0 Å². The first kappa shape index (κ1) is 18.7. The van der Waals surface area contributed by atoms with E-state index in [-0.39, 0.29) is 11.7 Å². The summed E-state index contributed by atoms with van der Waals surface area (Å²) < 4.78 is 2.02. The second-order valence-electron chi connectivity index (χ2n) is 6.19. The molecule has 142 valence electrons. The fourth-order valence-corrected chi connectivity index (χ4v) is 3.96. The van der Waals surface area contributed by atoms with Crippen molar-refractivity contribution in [2.45, 2.75) is 24.9 Å². The first-order chi connectivity index (χ1) is 13.7. The van der Waals surface area contributed by atoms with Gasteiger partial charge < -0.3 is 5.32 Å². The molecule has 1 N–H and O–H groups in total. The standard InChI is InChI=1S/C20H18ClN5OS/c1-2-17-24-25-19-20(23-15-9-5-6-10-16(15)26(17)19)28-12-18(27)22-11-13-7-3-4-8-14(13)21/h3-10H,2,11-12H2,1H3,(H,22,27). The number of carbonyl (C=O) groups is 1. The number of para-hydroxylation sites is 2. The quantitative estimate of drug-likeness (QED) is 0.487. The van der Waals surface area contributed by atoms with Crippen LogP contribution < -0.4 is 5.32 Å². The van der Waals surface area contributed by atoms with E-state index in [2.05, 4.69) is 15.5 Å². The third kappa shape index (κ3) is 3.68. The zero-order valence-electron chi connectivity index (χ0n) is 15.2. The summed E-state index contributed by atoms with van der Waals surface area (Å²) in [5.74, 6) is 1.02. The van der Waals surface area contributed by atoms with Crippen molar-refractivity contribution in [2.24, 2.45) is 0 Å². The summed E-state index contributed by atoms with van der Waals surface area (Å²) in [6, 6.07) is 15.3. The van der Waals surface area contributed by atoms with Crippen LogP contribution >= 0.6 is 23.4 Å². The maximum absolute atomic E-state index is 12.3. The van der Waals surface area contributed by atoms with E-state index in [0.29, 0.717) is 22.2 Å². The summed E-state index contributed by atoms with van der Waals surface area (Å²) >= 11 is 7.49. The van der Waals surface area contributed by atoms with E-state index in [1.807, 2.05) is 59.9 Å². The number of amides is 1. The normalized spacial score (nSPS) is 11.2. The number of aromatic nitrogens is 4. The lowest BCUT2D eigenvalue weighted by molar-refractivity contribution is -0.118. The van der Waals surface area contributed by atoms with Gasteiger partial charge in [0.2, 0.25) is 5.91 Å². The van der Waals surface area contributed by atoms with Crippen LogP contribution in [-0.4, -0.2) is 31.2 Å². The molecule has 6 nitrogen and oxygen atoms in total. The average molecular weight is 412 g/mol. The van der Waals surface area contributed by atoms with E-state index in [4.69, 9.17) is 16.6 Å². The Balaban J connectivity index is 1.53. The molecule has 0 fully saturated rings. The highest BCUT2D eigenvalue weighted by Gasteiger charge is 2.15. The van der Waals surface area contributed by atoms with Gasteiger partial charge in [0, 0.05) is 18.0 Å². The number of fused-ring (bicyclic) bond motifs is 3. The number of benzene rings is 2. The van der Waals surface area contributed by atoms with E-state index in [9.17, 15) is 4.79 Å². The van der Waals surface area contributed by atoms with E-state index in [0.717, 1.165) is 28.8 Å². The van der Waals surface area contributed by atoms with Crippen LogP contribution in [0, 0.1) is 0 Å². The minimum Gasteiger partial charge on any atom is -0.351 e. The van der Waals surface area contributed by atoms with Gasteiger partial charge >= 0.3 is 0 Å². The molecule has 8 heteroatoms. The molecule has 0 aliphatic rings. The van der Waals surface area contributed by atoms with Crippen molar-refractivity contribution < 1.29 is 4.79 Å². The molecule has 2 aromatic heterocycles. The number of nitrogens with one attached hydrogen (secondary N) is 1. The number of halogens is 1. The first-order valence-corrected chi connectivity index (χ1v) is 10.3. The number of hydrogen-bond donors (Lipinski definition) is 1. The van der Waals surface area contributed by atoms with Gasteiger partial charge in [-0.25, -0.2) is 4.98 Å². The Morgan fingerprint density at radius 3 is 2.75 bits per heavy atom. The third-order valence-corrected chi connectivity index (χ3v) is 5.68. The molecular weight excluding hydrogens is 394 g/mol. The Labute approximate surface area is 171 Å². The van der Waals surface area contributed by atoms with Crippen molar-refractivity contribution in [2.75, 3.05) is 5.75 Å². The van der Waals surface area contributed by atoms with E-state index >= 15 is 0 Å². The first-order valence-electron chi connectivity index (χ1n) is 8.93. The number of aryl methyl sites for hydroxylation is 1. The summed E-state index contributed by atoms with van der Waals surface area (Å²) in [6.07, 6.45) is 0.762. The zero-order valence-corrected chi connectivity index (χ0v) is 16.8. The largest absolute Gasteiger partial charge is 0.351 e. The van der Waals surface area contributed by atoms with Gasteiger partial charge in [0.15, 0.2) is 5.65 Å². The molecule has 0 saturated heterocycles. The Hall–Kier alpha value is -2.64. The summed E-state index contributed by atoms with van der Waals surface area (Å²) in [5.41, 5.74) is 3.38. The minimum absolute atomic E-state index is 0.0896. The molecule has 0 spiro atoms. The number of rotatable bonds is 6. The van der Waals surface area contributed by atoms with Crippen molar-refractivity contribution in [1.29, 1.82) is 0 Å². The Bertz CT molecular complexity index is 1160. The van der Waals surface area contributed by atoms with Crippen LogP contribution in [0.2, 0.25) is 5.02 Å². The highest BCUT2D eigenvalue weighted by atomic mass is 35.5. The van der Waals surface area contributed by atoms with Crippen molar-refractivity contribution in [3.05, 3.63) is 64.9 Å². The molecule has 4 rings (SSSR count). The summed E-state index contributed by atoms with van der Waals surface area (Å²) in [4.78, 5) is 17.0. The lowest BCUT2D eigenvalue weighted by Gasteiger charge is -2.09. The van der Waals surface area contributed by atoms with Crippen LogP contribution in [0.15, 0.2) is 53.6 Å². The SMILES string of the molecule is CCc1nnc2c(SCC(=O)NCc3ccccc3Cl)nc3ccccc3n12. The lowest BCUT2D eigenvalue weighted by Crippen LogP contribution is -2.24. The maximum Gasteiger partial charge on any atom is 0.230 e. The van der Waals surface area contributed by atoms with Gasteiger partial charge in [0.05, 0.1) is 16.8 Å². The van der Waals surface area contributed by atoms with Gasteiger partial charge in [-0.2, -0.15) is 0 Å². The van der Waals surface area contributed by atoms with Crippen LogP contribution in [-0.2, 0) is 17.8 Å². The van der Waals surface area contributed by atoms with E-state index < -0.39 is 0 Å². The van der Waals surface area contributed by atoms with Crippen LogP contribution in [0.5, 0.6) is 0 Å². The fourth-order valence-electron chi connectivity index (χ4n) is 2.96. The van der Waals surface area contributed by atoms with E-state index in [1.165, 1.54) is 11.8 Å². The van der Waals surface area contributed by atoms with Crippen molar-refractivity contribution in [3.63, 3.8) is 0 Å². The smallest absolute Gasteiger partial charge is 0.230 e. The minimum atomic E-state index is -0.0896. The third-order valence-electron chi connectivity index (χ3n) is 4.36. The molecule has 2 aromatic carbocycles. The predicted octanol–water partition coefficient (Wildman–Crippen LogP) is 3.90. The van der Waals surface area contributed by atoms with Gasteiger partial charge in [0.25, 0.3) is 0 Å². The second-order valence-corrected chi connectivity index (χ2v) is 7.56. The fraction of sp³-hybridized carbons (Fsp3) is 0.200. The maximum atomic E-state index is 12.3. The molecule has 0 bridgehead atoms. The van der Waals surface area contributed by atoms with Crippen molar-refractivity contribution in [1.82, 2.24) is 24.9 Å². The van der Waals surface area contributed by atoms with E-state index in [1.54, 1.807) is 0 Å². The van der Waals surface area contributed by atoms with Crippen LogP contribution in [0.25, 0.3) is 16.7 Å². The molecule has 4 aromatic rings. The number of carbonyl (C=O) groups excluding carboxylic acids is 1. The van der Waals surface area contributed by atoms with Crippen LogP contribution in [0.4, 0.5) is 0 Å². The highest BCUT2D eigenvalue weighted by molar-refractivity contribution is 8.00. The molecule has 0 aliphatic carbocycles. The molecule has 0 radical (unpaired) electrons. The van der Waals surface area contributed by atoms with Gasteiger partial charge in [-0.15, -0.1) is 10.2 Å². The molecule has 2 heterocycles. The summed E-state index contributed by atoms with van der Waals surface area (Å²) in [5, 5.41) is 12.8. The van der Waals surface area contributed by atoms with Gasteiger partial charge in [0.1, 0.15) is 10.9 Å². The Kier molecular flexibility index (Phi) is 5.45. The van der Waals surface area contributed by atoms with Gasteiger partial charge in [-0.1, -0.05) is 60.6 Å². The zero-order chi connectivity index (χ0) is 19.5. The molecule has 0 saturated carbocycles. The molecule has 0 aliphatic heterocycles. The van der Waals surface area contributed by atoms with Gasteiger partial charge in [-0.3, -0.25) is 9.20 Å². The summed E-state index contributed by atoms with van der Waals surface area (Å²) in [6.45, 7) is 2.44. The molecular formula is C20H18ClN5OS.